The van der Waals surface area contributed by atoms with E-state index in [0.717, 1.165) is 5.82 Å². The van der Waals surface area contributed by atoms with Crippen molar-refractivity contribution in [3.8, 4) is 0 Å². The first-order valence-corrected chi connectivity index (χ1v) is 3.73. The van der Waals surface area contributed by atoms with Gasteiger partial charge in [0.05, 0.1) is 6.20 Å². The normalized spacial score (nSPS) is 23.5. The minimum Gasteiger partial charge on any atom is -0.280 e. The molecule has 0 fully saturated rings. The van der Waals surface area contributed by atoms with Gasteiger partial charge in [0.25, 0.3) is 0 Å². The van der Waals surface area contributed by atoms with E-state index in [1.54, 1.807) is 16.9 Å². The van der Waals surface area contributed by atoms with Crippen LogP contribution in [0.3, 0.4) is 0 Å². The summed E-state index contributed by atoms with van der Waals surface area (Å²) in [6.45, 7) is 0. The van der Waals surface area contributed by atoms with Gasteiger partial charge in [0.2, 0.25) is 6.17 Å². The first-order valence-electron chi connectivity index (χ1n) is 3.73. The van der Waals surface area contributed by atoms with Gasteiger partial charge in [0.15, 0.2) is 11.5 Å². The van der Waals surface area contributed by atoms with E-state index in [0.29, 0.717) is 5.71 Å². The van der Waals surface area contributed by atoms with Gasteiger partial charge in [-0.05, 0) is 0 Å². The number of hydrogen-bond donors (Lipinski definition) is 2. The highest BCUT2D eigenvalue weighted by Gasteiger charge is 2.32. The van der Waals surface area contributed by atoms with Crippen molar-refractivity contribution in [1.29, 1.82) is 5.41 Å². The first-order chi connectivity index (χ1) is 6.36. The van der Waals surface area contributed by atoms with E-state index in [4.69, 9.17) is 5.41 Å². The predicted molar refractivity (Wildman–Crippen MR) is 44.9 cm³/mol. The molecule has 0 saturated heterocycles. The van der Waals surface area contributed by atoms with E-state index < -0.39 is 0 Å². The van der Waals surface area contributed by atoms with Crippen LogP contribution in [-0.4, -0.2) is 21.3 Å². The van der Waals surface area contributed by atoms with E-state index in [-0.39, 0.29) is 12.0 Å². The molecule has 1 aromatic rings. The van der Waals surface area contributed by atoms with Crippen molar-refractivity contribution in [2.45, 2.75) is 6.17 Å². The maximum absolute atomic E-state index is 7.40. The van der Waals surface area contributed by atoms with Crippen LogP contribution in [0, 0.1) is 5.41 Å². The van der Waals surface area contributed by atoms with Crippen LogP contribution < -0.4 is 5.43 Å². The molecule has 0 radical (unpaired) electrons. The zero-order valence-corrected chi connectivity index (χ0v) is 6.47. The molecule has 0 spiro atoms. The van der Waals surface area contributed by atoms with Crippen molar-refractivity contribution < 1.29 is 0 Å². The smallest absolute Gasteiger partial charge is 0.212 e. The number of rotatable bonds is 0. The third-order valence-corrected chi connectivity index (χ3v) is 1.95. The van der Waals surface area contributed by atoms with E-state index in [1.807, 2.05) is 0 Å². The van der Waals surface area contributed by atoms with Crippen LogP contribution in [0.5, 0.6) is 0 Å². The Morgan fingerprint density at radius 3 is 3.38 bits per heavy atom. The standard InChI is InChI=1S/C6H5N7/c7-5-4-6(12-11-5)13-3(9-10-4)1-2-8-13/h1-2,6-7,9H. The monoisotopic (exact) mass is 175 g/mol. The molecule has 1 unspecified atom stereocenters. The topological polar surface area (TPSA) is 90.8 Å². The van der Waals surface area contributed by atoms with Crippen LogP contribution in [0.25, 0.3) is 0 Å². The van der Waals surface area contributed by atoms with E-state index in [9.17, 15) is 0 Å². The molecular weight excluding hydrogens is 170 g/mol. The lowest BCUT2D eigenvalue weighted by Gasteiger charge is -2.16. The lowest BCUT2D eigenvalue weighted by atomic mass is 10.3. The molecule has 2 aliphatic rings. The third kappa shape index (κ3) is 0.701. The molecule has 0 saturated carbocycles. The fourth-order valence-electron chi connectivity index (χ4n) is 1.33. The lowest BCUT2D eigenvalue weighted by Crippen LogP contribution is -2.26. The van der Waals surface area contributed by atoms with Gasteiger partial charge in [0, 0.05) is 6.07 Å². The van der Waals surface area contributed by atoms with Gasteiger partial charge >= 0.3 is 0 Å². The molecule has 0 amide bonds. The molecule has 13 heavy (non-hydrogen) atoms. The van der Waals surface area contributed by atoms with Crippen molar-refractivity contribution in [3.05, 3.63) is 12.3 Å². The molecule has 0 aromatic carbocycles. The molecule has 0 aliphatic carbocycles. The second-order valence-electron chi connectivity index (χ2n) is 2.71. The van der Waals surface area contributed by atoms with Gasteiger partial charge in [-0.2, -0.15) is 15.3 Å². The predicted octanol–water partition coefficient (Wildman–Crippen LogP) is 0.606. The van der Waals surface area contributed by atoms with Gasteiger partial charge in [-0.25, -0.2) is 4.68 Å². The van der Waals surface area contributed by atoms with Crippen molar-refractivity contribution in [1.82, 2.24) is 9.78 Å². The summed E-state index contributed by atoms with van der Waals surface area (Å²) in [4.78, 5) is 0. The average Bonchev–Trinajstić information content (AvgIpc) is 2.70. The second kappa shape index (κ2) is 2.00. The zero-order chi connectivity index (χ0) is 8.84. The highest BCUT2D eigenvalue weighted by molar-refractivity contribution is 6.43. The number of nitrogens with one attached hydrogen (secondary N) is 2. The van der Waals surface area contributed by atoms with Crippen LogP contribution in [0.2, 0.25) is 0 Å². The Bertz CT molecular complexity index is 440. The number of amidine groups is 1. The Morgan fingerprint density at radius 1 is 1.54 bits per heavy atom. The summed E-state index contributed by atoms with van der Waals surface area (Å²) in [5, 5.41) is 23.0. The molecule has 2 N–H and O–H groups in total. The fourth-order valence-corrected chi connectivity index (χ4v) is 1.33. The van der Waals surface area contributed by atoms with Crippen molar-refractivity contribution in [3.63, 3.8) is 0 Å². The molecule has 0 bridgehead atoms. The molecule has 3 rings (SSSR count). The Kier molecular flexibility index (Phi) is 0.996. The summed E-state index contributed by atoms with van der Waals surface area (Å²) in [5.41, 5.74) is 3.28. The van der Waals surface area contributed by atoms with Crippen LogP contribution in [0.15, 0.2) is 27.6 Å². The highest BCUT2D eigenvalue weighted by Crippen LogP contribution is 2.26. The third-order valence-electron chi connectivity index (χ3n) is 1.95. The Hall–Kier alpha value is -2.05. The van der Waals surface area contributed by atoms with Crippen molar-refractivity contribution >= 4 is 17.4 Å². The Labute approximate surface area is 72.7 Å². The molecule has 7 nitrogen and oxygen atoms in total. The number of anilines is 1. The number of fused-ring (bicyclic) bond motifs is 3. The van der Waals surface area contributed by atoms with Gasteiger partial charge in [-0.15, -0.1) is 5.11 Å². The van der Waals surface area contributed by atoms with E-state index in [1.165, 1.54) is 0 Å². The molecule has 1 atom stereocenters. The maximum atomic E-state index is 7.40. The number of azo groups is 1. The fraction of sp³-hybridized carbons (Fsp3) is 0.167. The molecule has 1 aromatic heterocycles. The minimum atomic E-state index is -0.348. The van der Waals surface area contributed by atoms with E-state index in [2.05, 4.69) is 25.9 Å². The summed E-state index contributed by atoms with van der Waals surface area (Å²) in [7, 11) is 0. The summed E-state index contributed by atoms with van der Waals surface area (Å²) in [5.74, 6) is 0.862. The summed E-state index contributed by atoms with van der Waals surface area (Å²) in [6, 6.07) is 1.79. The van der Waals surface area contributed by atoms with Crippen LogP contribution in [0.1, 0.15) is 6.17 Å². The van der Waals surface area contributed by atoms with Gasteiger partial charge in [-0.1, -0.05) is 0 Å². The van der Waals surface area contributed by atoms with Gasteiger partial charge in [0.1, 0.15) is 5.82 Å². The molecule has 2 aliphatic heterocycles. The van der Waals surface area contributed by atoms with Gasteiger partial charge in [-0.3, -0.25) is 10.8 Å². The van der Waals surface area contributed by atoms with Crippen LogP contribution in [-0.2, 0) is 0 Å². The van der Waals surface area contributed by atoms with Crippen molar-refractivity contribution in [2.75, 3.05) is 5.43 Å². The minimum absolute atomic E-state index is 0.0960. The Morgan fingerprint density at radius 2 is 2.46 bits per heavy atom. The first kappa shape index (κ1) is 6.46. The molecular formula is C6H5N7. The maximum Gasteiger partial charge on any atom is 0.212 e. The number of aromatic nitrogens is 2. The van der Waals surface area contributed by atoms with Crippen LogP contribution >= 0.6 is 0 Å². The molecule has 3 heterocycles. The quantitative estimate of drug-likeness (QED) is 0.604. The average molecular weight is 175 g/mol. The van der Waals surface area contributed by atoms with E-state index >= 15 is 0 Å². The number of nitrogens with zero attached hydrogens (tertiary/aromatic N) is 5. The largest absolute Gasteiger partial charge is 0.280 e. The Balaban J connectivity index is 2.18. The van der Waals surface area contributed by atoms with Gasteiger partial charge < -0.3 is 0 Å². The summed E-state index contributed by atoms with van der Waals surface area (Å²) in [6.07, 6.45) is 1.30. The number of hydrogen-bond acceptors (Lipinski definition) is 5. The lowest BCUT2D eigenvalue weighted by molar-refractivity contribution is 0.578. The van der Waals surface area contributed by atoms with Crippen molar-refractivity contribution in [2.24, 2.45) is 15.3 Å². The molecule has 7 heteroatoms. The SMILES string of the molecule is N=C1N=NC2C1=NNc1ccnn12. The van der Waals surface area contributed by atoms with Crippen LogP contribution in [0.4, 0.5) is 5.82 Å². The zero-order valence-electron chi connectivity index (χ0n) is 6.47. The number of hydrazone groups is 1. The second-order valence-corrected chi connectivity index (χ2v) is 2.71. The molecule has 64 valence electrons. The summed E-state index contributed by atoms with van der Waals surface area (Å²) < 4.78 is 1.65. The summed E-state index contributed by atoms with van der Waals surface area (Å²) >= 11 is 0. The highest BCUT2D eigenvalue weighted by atomic mass is 15.5.